The van der Waals surface area contributed by atoms with Crippen LogP contribution < -0.4 is 4.74 Å². The zero-order valence-electron chi connectivity index (χ0n) is 14.9. The molecule has 2 rings (SSSR count). The number of aromatic nitrogens is 1. The zero-order valence-corrected chi connectivity index (χ0v) is 15.9. The average Bonchev–Trinajstić information content (AvgIpc) is 2.50. The van der Waals surface area contributed by atoms with Gasteiger partial charge in [-0.05, 0) is 36.3 Å². The molecule has 0 radical (unpaired) electrons. The van der Waals surface area contributed by atoms with Crippen LogP contribution in [0.4, 0.5) is 4.39 Å². The molecule has 4 nitrogen and oxygen atoms in total. The molecular weight excluding hydrogens is 325 g/mol. The average molecular weight is 349 g/mol. The Balaban J connectivity index is 2.01. The van der Waals surface area contributed by atoms with E-state index in [9.17, 15) is 9.18 Å². The number of pyridine rings is 1. The minimum Gasteiger partial charge on any atom is -0.491 e. The van der Waals surface area contributed by atoms with E-state index in [1.165, 1.54) is 6.07 Å². The van der Waals surface area contributed by atoms with E-state index in [0.717, 1.165) is 0 Å². The van der Waals surface area contributed by atoms with Crippen LogP contribution in [0.25, 0.3) is 10.9 Å². The van der Waals surface area contributed by atoms with Gasteiger partial charge in [0, 0.05) is 11.5 Å². The number of carbonyl (C=O) groups is 1. The molecule has 130 valence electrons. The summed E-state index contributed by atoms with van der Waals surface area (Å²) in [4.78, 5) is 14.8. The van der Waals surface area contributed by atoms with E-state index in [4.69, 9.17) is 9.16 Å². The summed E-state index contributed by atoms with van der Waals surface area (Å²) in [7, 11) is -1.78. The standard InChI is InChI=1S/C18H24FNO3Si/c1-18(2,3)24(4,5)23-9-8-22-14-7-6-13-10-15(19)17(12-21)20-16(13)11-14/h6-7,10-12H,8-9H2,1-5H3. The molecule has 0 aliphatic carbocycles. The van der Waals surface area contributed by atoms with Crippen LogP contribution in [-0.2, 0) is 4.43 Å². The topological polar surface area (TPSA) is 48.4 Å². The molecule has 0 fully saturated rings. The number of rotatable bonds is 6. The van der Waals surface area contributed by atoms with E-state index in [-0.39, 0.29) is 10.7 Å². The summed E-state index contributed by atoms with van der Waals surface area (Å²) in [5.74, 6) is 0.00577. The van der Waals surface area contributed by atoms with Crippen molar-refractivity contribution in [2.75, 3.05) is 13.2 Å². The highest BCUT2D eigenvalue weighted by molar-refractivity contribution is 6.74. The predicted octanol–water partition coefficient (Wildman–Crippen LogP) is 4.59. The summed E-state index contributed by atoms with van der Waals surface area (Å²) in [6, 6.07) is 6.49. The molecule has 0 amide bonds. The Morgan fingerprint density at radius 3 is 2.54 bits per heavy atom. The van der Waals surface area contributed by atoms with E-state index in [1.54, 1.807) is 18.2 Å². The molecule has 1 aromatic carbocycles. The van der Waals surface area contributed by atoms with Crippen LogP contribution in [0.2, 0.25) is 18.1 Å². The third-order valence-electron chi connectivity index (χ3n) is 4.50. The summed E-state index contributed by atoms with van der Waals surface area (Å²) in [6.45, 7) is 11.9. The fraction of sp³-hybridized carbons (Fsp3) is 0.444. The molecule has 24 heavy (non-hydrogen) atoms. The second kappa shape index (κ2) is 6.99. The van der Waals surface area contributed by atoms with Gasteiger partial charge < -0.3 is 9.16 Å². The first kappa shape index (κ1) is 18.5. The normalized spacial score (nSPS) is 12.4. The second-order valence-corrected chi connectivity index (χ2v) is 12.1. The lowest BCUT2D eigenvalue weighted by atomic mass is 10.2. The zero-order chi connectivity index (χ0) is 18.0. The molecule has 0 saturated carbocycles. The molecule has 0 bridgehead atoms. The smallest absolute Gasteiger partial charge is 0.192 e. The van der Waals surface area contributed by atoms with E-state index in [1.807, 2.05) is 0 Å². The minimum atomic E-state index is -1.78. The molecular formula is C18H24FNO3Si. The molecule has 6 heteroatoms. The van der Waals surface area contributed by atoms with Gasteiger partial charge in [-0.2, -0.15) is 0 Å². The van der Waals surface area contributed by atoms with Crippen molar-refractivity contribution in [2.24, 2.45) is 0 Å². The van der Waals surface area contributed by atoms with Crippen molar-refractivity contribution >= 4 is 25.5 Å². The SMILES string of the molecule is CC(C)(C)[Si](C)(C)OCCOc1ccc2cc(F)c(C=O)nc2c1. The van der Waals surface area contributed by atoms with Gasteiger partial charge in [-0.15, -0.1) is 0 Å². The van der Waals surface area contributed by atoms with Crippen LogP contribution in [-0.4, -0.2) is 32.8 Å². The quantitative estimate of drug-likeness (QED) is 0.435. The molecule has 0 aliphatic heterocycles. The Morgan fingerprint density at radius 2 is 1.92 bits per heavy atom. The number of carbonyl (C=O) groups excluding carboxylic acids is 1. The largest absolute Gasteiger partial charge is 0.491 e. The predicted molar refractivity (Wildman–Crippen MR) is 95.7 cm³/mol. The maximum Gasteiger partial charge on any atom is 0.192 e. The first-order chi connectivity index (χ1) is 11.1. The van der Waals surface area contributed by atoms with Gasteiger partial charge in [0.05, 0.1) is 12.1 Å². The van der Waals surface area contributed by atoms with Crippen molar-refractivity contribution in [1.82, 2.24) is 4.98 Å². The lowest BCUT2D eigenvalue weighted by Gasteiger charge is -2.36. The van der Waals surface area contributed by atoms with Crippen molar-refractivity contribution in [3.63, 3.8) is 0 Å². The van der Waals surface area contributed by atoms with Gasteiger partial charge in [0.1, 0.15) is 18.1 Å². The van der Waals surface area contributed by atoms with Crippen LogP contribution >= 0.6 is 0 Å². The number of fused-ring (bicyclic) bond motifs is 1. The lowest BCUT2D eigenvalue weighted by molar-refractivity contribution is 0.111. The first-order valence-electron chi connectivity index (χ1n) is 7.96. The van der Waals surface area contributed by atoms with Crippen LogP contribution in [0.15, 0.2) is 24.3 Å². The number of benzene rings is 1. The van der Waals surface area contributed by atoms with Gasteiger partial charge in [0.2, 0.25) is 0 Å². The van der Waals surface area contributed by atoms with Gasteiger partial charge in [0.25, 0.3) is 0 Å². The van der Waals surface area contributed by atoms with Crippen molar-refractivity contribution in [2.45, 2.75) is 38.9 Å². The first-order valence-corrected chi connectivity index (χ1v) is 10.9. The van der Waals surface area contributed by atoms with Gasteiger partial charge in [-0.25, -0.2) is 9.37 Å². The number of aldehydes is 1. The maximum atomic E-state index is 13.5. The Labute approximate surface area is 143 Å². The summed E-state index contributed by atoms with van der Waals surface area (Å²) in [5.41, 5.74) is 0.335. The third-order valence-corrected chi connectivity index (χ3v) is 9.04. The highest BCUT2D eigenvalue weighted by Crippen LogP contribution is 2.36. The Bertz CT molecular complexity index is 741. The van der Waals surface area contributed by atoms with Crippen molar-refractivity contribution in [3.05, 3.63) is 35.8 Å². The number of hydrogen-bond acceptors (Lipinski definition) is 4. The van der Waals surface area contributed by atoms with E-state index in [0.29, 0.717) is 36.2 Å². The summed E-state index contributed by atoms with van der Waals surface area (Å²) in [5, 5.41) is 0.790. The van der Waals surface area contributed by atoms with Crippen LogP contribution in [0.3, 0.4) is 0 Å². The van der Waals surface area contributed by atoms with Crippen LogP contribution in [0.5, 0.6) is 5.75 Å². The highest BCUT2D eigenvalue weighted by atomic mass is 28.4. The van der Waals surface area contributed by atoms with Gasteiger partial charge in [-0.1, -0.05) is 20.8 Å². The molecule has 0 N–H and O–H groups in total. The monoisotopic (exact) mass is 349 g/mol. The highest BCUT2D eigenvalue weighted by Gasteiger charge is 2.36. The van der Waals surface area contributed by atoms with Crippen molar-refractivity contribution < 1.29 is 18.3 Å². The Morgan fingerprint density at radius 1 is 1.21 bits per heavy atom. The molecule has 1 aromatic heterocycles. The van der Waals surface area contributed by atoms with Crippen molar-refractivity contribution in [1.29, 1.82) is 0 Å². The van der Waals surface area contributed by atoms with Crippen LogP contribution in [0.1, 0.15) is 31.3 Å². The van der Waals surface area contributed by atoms with E-state index in [2.05, 4.69) is 38.8 Å². The summed E-state index contributed by atoms with van der Waals surface area (Å²) < 4.78 is 25.3. The van der Waals surface area contributed by atoms with Gasteiger partial charge in [0.15, 0.2) is 20.4 Å². The molecule has 0 spiro atoms. The molecule has 0 atom stereocenters. The summed E-state index contributed by atoms with van der Waals surface area (Å²) >= 11 is 0. The second-order valence-electron chi connectivity index (χ2n) is 7.29. The maximum absolute atomic E-state index is 13.5. The van der Waals surface area contributed by atoms with Crippen molar-refractivity contribution in [3.8, 4) is 5.75 Å². The van der Waals surface area contributed by atoms with Crippen LogP contribution in [0, 0.1) is 5.82 Å². The fourth-order valence-electron chi connectivity index (χ4n) is 1.98. The molecule has 1 heterocycles. The number of halogens is 1. The summed E-state index contributed by atoms with van der Waals surface area (Å²) in [6.07, 6.45) is 0.412. The number of hydrogen-bond donors (Lipinski definition) is 0. The molecule has 0 aliphatic rings. The number of nitrogens with zero attached hydrogens (tertiary/aromatic N) is 1. The Kier molecular flexibility index (Phi) is 5.40. The van der Waals surface area contributed by atoms with Gasteiger partial charge >= 0.3 is 0 Å². The molecule has 2 aromatic rings. The lowest BCUT2D eigenvalue weighted by Crippen LogP contribution is -2.41. The Hall–Kier alpha value is -1.79. The number of ether oxygens (including phenoxy) is 1. The molecule has 0 saturated heterocycles. The van der Waals surface area contributed by atoms with E-state index >= 15 is 0 Å². The third kappa shape index (κ3) is 4.18. The van der Waals surface area contributed by atoms with Gasteiger partial charge in [-0.3, -0.25) is 4.79 Å². The minimum absolute atomic E-state index is 0.162. The fourth-order valence-corrected chi connectivity index (χ4v) is 3.01. The molecule has 0 unspecified atom stereocenters. The van der Waals surface area contributed by atoms with E-state index < -0.39 is 14.1 Å².